The van der Waals surface area contributed by atoms with E-state index in [0.717, 1.165) is 49.1 Å². The standard InChI is InChI=1S/C21H27NO2/c1-21(2)13-12-18-19(24-21)11-10-17(20(18)23)15-22-14-6-9-16-7-4-3-5-8-16/h3-5,7-8,10-11,22-23H,6,9,12-15H2,1-2H3. The zero-order valence-corrected chi connectivity index (χ0v) is 14.6. The first-order valence-corrected chi connectivity index (χ1v) is 8.82. The SMILES string of the molecule is CC1(C)CCc2c(ccc(CNCCCc3ccccc3)c2O)O1. The van der Waals surface area contributed by atoms with Gasteiger partial charge in [0.05, 0.1) is 0 Å². The summed E-state index contributed by atoms with van der Waals surface area (Å²) in [6, 6.07) is 14.5. The van der Waals surface area contributed by atoms with Gasteiger partial charge in [0.15, 0.2) is 0 Å². The van der Waals surface area contributed by atoms with E-state index in [1.165, 1.54) is 5.56 Å². The van der Waals surface area contributed by atoms with E-state index in [9.17, 15) is 5.11 Å². The summed E-state index contributed by atoms with van der Waals surface area (Å²) in [7, 11) is 0. The normalized spacial score (nSPS) is 15.6. The summed E-state index contributed by atoms with van der Waals surface area (Å²) in [5, 5.41) is 14.0. The number of rotatable bonds is 6. The number of phenols is 1. The molecule has 0 aliphatic carbocycles. The van der Waals surface area contributed by atoms with Crippen molar-refractivity contribution < 1.29 is 9.84 Å². The Kier molecular flexibility index (Phi) is 5.10. The van der Waals surface area contributed by atoms with Crippen LogP contribution in [0.15, 0.2) is 42.5 Å². The van der Waals surface area contributed by atoms with Crippen LogP contribution in [-0.2, 0) is 19.4 Å². The van der Waals surface area contributed by atoms with Crippen molar-refractivity contribution in [2.24, 2.45) is 0 Å². The van der Waals surface area contributed by atoms with Crippen LogP contribution in [-0.4, -0.2) is 17.3 Å². The molecule has 0 atom stereocenters. The van der Waals surface area contributed by atoms with Crippen LogP contribution >= 0.6 is 0 Å². The van der Waals surface area contributed by atoms with Gasteiger partial charge in [-0.25, -0.2) is 0 Å². The van der Waals surface area contributed by atoms with E-state index in [1.807, 2.05) is 18.2 Å². The van der Waals surface area contributed by atoms with Gasteiger partial charge in [-0.2, -0.15) is 0 Å². The molecule has 0 saturated heterocycles. The van der Waals surface area contributed by atoms with Crippen LogP contribution in [0.25, 0.3) is 0 Å². The molecular weight excluding hydrogens is 298 g/mol. The average molecular weight is 325 g/mol. The van der Waals surface area contributed by atoms with Crippen molar-refractivity contribution in [1.82, 2.24) is 5.32 Å². The van der Waals surface area contributed by atoms with Crippen molar-refractivity contribution in [3.05, 3.63) is 59.2 Å². The molecule has 0 saturated carbocycles. The van der Waals surface area contributed by atoms with Gasteiger partial charge in [-0.3, -0.25) is 0 Å². The van der Waals surface area contributed by atoms with Crippen molar-refractivity contribution in [3.8, 4) is 11.5 Å². The molecular formula is C21H27NO2. The van der Waals surface area contributed by atoms with E-state index in [0.29, 0.717) is 12.3 Å². The molecule has 0 amide bonds. The second-order valence-corrected chi connectivity index (χ2v) is 7.18. The van der Waals surface area contributed by atoms with Crippen LogP contribution in [0.1, 0.15) is 43.4 Å². The Labute approximate surface area is 144 Å². The highest BCUT2D eigenvalue weighted by Gasteiger charge is 2.28. The minimum Gasteiger partial charge on any atom is -0.507 e. The largest absolute Gasteiger partial charge is 0.507 e. The molecule has 3 nitrogen and oxygen atoms in total. The molecule has 3 rings (SSSR count). The van der Waals surface area contributed by atoms with E-state index in [2.05, 4.69) is 43.4 Å². The number of hydrogen-bond donors (Lipinski definition) is 2. The third-order valence-corrected chi connectivity index (χ3v) is 4.66. The molecule has 0 bridgehead atoms. The first kappa shape index (κ1) is 16.8. The summed E-state index contributed by atoms with van der Waals surface area (Å²) < 4.78 is 5.97. The van der Waals surface area contributed by atoms with Gasteiger partial charge in [0.1, 0.15) is 17.1 Å². The zero-order valence-electron chi connectivity index (χ0n) is 14.6. The van der Waals surface area contributed by atoms with Gasteiger partial charge in [-0.15, -0.1) is 0 Å². The Morgan fingerprint density at radius 2 is 1.92 bits per heavy atom. The zero-order chi connectivity index (χ0) is 17.0. The molecule has 128 valence electrons. The lowest BCUT2D eigenvalue weighted by Gasteiger charge is -2.33. The molecule has 2 aromatic carbocycles. The Morgan fingerprint density at radius 1 is 1.12 bits per heavy atom. The highest BCUT2D eigenvalue weighted by atomic mass is 16.5. The predicted octanol–water partition coefficient (Wildman–Crippen LogP) is 4.22. The number of fused-ring (bicyclic) bond motifs is 1. The molecule has 3 heteroatoms. The third kappa shape index (κ3) is 4.09. The molecule has 0 radical (unpaired) electrons. The van der Waals surface area contributed by atoms with Crippen molar-refractivity contribution in [2.75, 3.05) is 6.54 Å². The van der Waals surface area contributed by atoms with E-state index in [-0.39, 0.29) is 5.60 Å². The summed E-state index contributed by atoms with van der Waals surface area (Å²) in [6.07, 6.45) is 3.97. The van der Waals surface area contributed by atoms with Crippen molar-refractivity contribution in [2.45, 2.75) is 51.7 Å². The fourth-order valence-corrected chi connectivity index (χ4v) is 3.21. The lowest BCUT2D eigenvalue weighted by molar-refractivity contribution is 0.0836. The van der Waals surface area contributed by atoms with Crippen LogP contribution in [0, 0.1) is 0 Å². The summed E-state index contributed by atoms with van der Waals surface area (Å²) in [6.45, 7) is 5.82. The molecule has 0 aromatic heterocycles. The third-order valence-electron chi connectivity index (χ3n) is 4.66. The maximum Gasteiger partial charge on any atom is 0.127 e. The number of aryl methyl sites for hydroxylation is 1. The van der Waals surface area contributed by atoms with E-state index < -0.39 is 0 Å². The molecule has 2 aromatic rings. The molecule has 0 unspecified atom stereocenters. The number of phenolic OH excluding ortho intramolecular Hbond substituents is 1. The van der Waals surface area contributed by atoms with Gasteiger partial charge in [0, 0.05) is 17.7 Å². The molecule has 24 heavy (non-hydrogen) atoms. The minimum atomic E-state index is -0.142. The van der Waals surface area contributed by atoms with Gasteiger partial charge in [0.2, 0.25) is 0 Å². The topological polar surface area (TPSA) is 41.5 Å². The van der Waals surface area contributed by atoms with Crippen molar-refractivity contribution in [3.63, 3.8) is 0 Å². The number of hydrogen-bond acceptors (Lipinski definition) is 3. The average Bonchev–Trinajstić information content (AvgIpc) is 2.56. The second-order valence-electron chi connectivity index (χ2n) is 7.18. The monoisotopic (exact) mass is 325 g/mol. The Hall–Kier alpha value is -2.00. The van der Waals surface area contributed by atoms with Gasteiger partial charge in [-0.05, 0) is 57.7 Å². The maximum atomic E-state index is 10.5. The van der Waals surface area contributed by atoms with Crippen LogP contribution in [0.4, 0.5) is 0 Å². The number of nitrogens with one attached hydrogen (secondary N) is 1. The smallest absolute Gasteiger partial charge is 0.127 e. The molecule has 0 fully saturated rings. The highest BCUT2D eigenvalue weighted by molar-refractivity contribution is 5.50. The van der Waals surface area contributed by atoms with Crippen LogP contribution in [0.5, 0.6) is 11.5 Å². The van der Waals surface area contributed by atoms with Gasteiger partial charge in [-0.1, -0.05) is 36.4 Å². The fourth-order valence-electron chi connectivity index (χ4n) is 3.21. The van der Waals surface area contributed by atoms with Crippen LogP contribution < -0.4 is 10.1 Å². The summed E-state index contributed by atoms with van der Waals surface area (Å²) >= 11 is 0. The van der Waals surface area contributed by atoms with E-state index in [1.54, 1.807) is 0 Å². The van der Waals surface area contributed by atoms with E-state index in [4.69, 9.17) is 4.74 Å². The fraction of sp³-hybridized carbons (Fsp3) is 0.429. The maximum absolute atomic E-state index is 10.5. The molecule has 1 heterocycles. The summed E-state index contributed by atoms with van der Waals surface area (Å²) in [5.74, 6) is 1.23. The highest BCUT2D eigenvalue weighted by Crippen LogP contribution is 2.39. The van der Waals surface area contributed by atoms with Gasteiger partial charge >= 0.3 is 0 Å². The Morgan fingerprint density at radius 3 is 2.71 bits per heavy atom. The Bertz CT molecular complexity index is 680. The van der Waals surface area contributed by atoms with Crippen molar-refractivity contribution in [1.29, 1.82) is 0 Å². The van der Waals surface area contributed by atoms with Gasteiger partial charge in [0.25, 0.3) is 0 Å². The van der Waals surface area contributed by atoms with Crippen LogP contribution in [0.2, 0.25) is 0 Å². The first-order chi connectivity index (χ1) is 11.6. The second kappa shape index (κ2) is 7.27. The van der Waals surface area contributed by atoms with E-state index >= 15 is 0 Å². The molecule has 1 aliphatic heterocycles. The molecule has 1 aliphatic rings. The number of aromatic hydroxyl groups is 1. The predicted molar refractivity (Wildman–Crippen MR) is 97.6 cm³/mol. The quantitative estimate of drug-likeness (QED) is 0.781. The van der Waals surface area contributed by atoms with Gasteiger partial charge < -0.3 is 15.2 Å². The van der Waals surface area contributed by atoms with Crippen molar-refractivity contribution >= 4 is 0 Å². The summed E-state index contributed by atoms with van der Waals surface area (Å²) in [5.41, 5.74) is 3.14. The number of benzene rings is 2. The molecule has 2 N–H and O–H groups in total. The molecule has 0 spiro atoms. The first-order valence-electron chi connectivity index (χ1n) is 8.82. The minimum absolute atomic E-state index is 0.142. The number of ether oxygens (including phenoxy) is 1. The lowest BCUT2D eigenvalue weighted by atomic mass is 9.92. The van der Waals surface area contributed by atoms with Crippen LogP contribution in [0.3, 0.4) is 0 Å². The Balaban J connectivity index is 1.51. The summed E-state index contributed by atoms with van der Waals surface area (Å²) in [4.78, 5) is 0. The lowest BCUT2D eigenvalue weighted by Crippen LogP contribution is -2.32.